The highest BCUT2D eigenvalue weighted by Crippen LogP contribution is 2.23. The summed E-state index contributed by atoms with van der Waals surface area (Å²) < 4.78 is 45.1. The third kappa shape index (κ3) is 55.7. The second-order valence-corrected chi connectivity index (χ2v) is 22.6. The minimum atomic E-state index is 0.131. The Hall–Kier alpha value is -1.44. The van der Waals surface area contributed by atoms with Crippen LogP contribution in [0.4, 0.5) is 0 Å². The van der Waals surface area contributed by atoms with Gasteiger partial charge in [0, 0.05) is 12.8 Å². The van der Waals surface area contributed by atoms with Crippen molar-refractivity contribution < 1.29 is 33.2 Å². The number of ether oxygens (including phenoxy) is 7. The van der Waals surface area contributed by atoms with Crippen LogP contribution in [0, 0.1) is 0 Å². The fourth-order valence-corrected chi connectivity index (χ4v) is 9.97. The predicted octanol–water partition coefficient (Wildman–Crippen LogP) is 23.1. The Morgan fingerprint density at radius 1 is 0.187 bits per heavy atom. The molecule has 0 aromatic rings. The molecule has 0 aliphatic carbocycles. The van der Waals surface area contributed by atoms with Crippen molar-refractivity contribution in [1.29, 1.82) is 0 Å². The quantitative estimate of drug-likeness (QED) is 0.0342. The molecule has 0 spiro atoms. The second kappa shape index (κ2) is 65.1. The van der Waals surface area contributed by atoms with Gasteiger partial charge in [0.1, 0.15) is 38.3 Å². The normalized spacial score (nSPS) is 12.3. The van der Waals surface area contributed by atoms with E-state index < -0.39 is 0 Å². The monoisotopic (exact) mass is 1060 g/mol. The molecular formula is C68H134O7. The molecule has 7 heteroatoms. The van der Waals surface area contributed by atoms with E-state index in [1.54, 1.807) is 0 Å². The standard InChI is InChI=1S/C68H134O7/c1-7-13-19-25-31-37-43-49-55-65(72-57-51-45-39-33-27-21-15-9-3)67(74-59-53-47-41-35-29-23-17-11-5)61-69-63-71-64-70-62-68(75-60-54-48-42-36-30-24-18-12-6)66(56-50-44-38-32-26-20-14-8-2)73-58-52-46-40-34-28-22-16-10-4/h7-64H2,1-6H3. The van der Waals surface area contributed by atoms with Gasteiger partial charge < -0.3 is 33.2 Å². The Labute approximate surface area is 470 Å². The first-order chi connectivity index (χ1) is 37.2. The summed E-state index contributed by atoms with van der Waals surface area (Å²) in [5, 5.41) is 0. The van der Waals surface area contributed by atoms with Crippen LogP contribution in [-0.4, -0.2) is 53.2 Å². The molecular weight excluding hydrogens is 929 g/mol. The number of rotatable bonds is 66. The van der Waals surface area contributed by atoms with Crippen LogP contribution < -0.4 is 0 Å². The lowest BCUT2D eigenvalue weighted by Crippen LogP contribution is -2.14. The van der Waals surface area contributed by atoms with E-state index >= 15 is 0 Å². The summed E-state index contributed by atoms with van der Waals surface area (Å²) in [4.78, 5) is 0. The van der Waals surface area contributed by atoms with E-state index in [1.165, 1.54) is 270 Å². The van der Waals surface area contributed by atoms with Gasteiger partial charge in [-0.2, -0.15) is 0 Å². The van der Waals surface area contributed by atoms with Crippen LogP contribution in [-0.2, 0) is 33.2 Å². The molecule has 75 heavy (non-hydrogen) atoms. The lowest BCUT2D eigenvalue weighted by atomic mass is 10.1. The van der Waals surface area contributed by atoms with Crippen molar-refractivity contribution in [1.82, 2.24) is 0 Å². The molecule has 7 nitrogen and oxygen atoms in total. The maximum absolute atomic E-state index is 6.66. The van der Waals surface area contributed by atoms with Crippen LogP contribution in [0.3, 0.4) is 0 Å². The first kappa shape index (κ1) is 73.6. The number of hydrogen-bond acceptors (Lipinski definition) is 7. The van der Waals surface area contributed by atoms with Crippen LogP contribution in [0.15, 0.2) is 23.0 Å². The van der Waals surface area contributed by atoms with Gasteiger partial charge in [-0.05, 0) is 38.5 Å². The molecule has 0 atom stereocenters. The molecule has 0 N–H and O–H groups in total. The summed E-state index contributed by atoms with van der Waals surface area (Å²) in [5.41, 5.74) is 0. The molecule has 0 fully saturated rings. The highest BCUT2D eigenvalue weighted by atomic mass is 16.7. The molecule has 0 bridgehead atoms. The lowest BCUT2D eigenvalue weighted by Gasteiger charge is -2.19. The Morgan fingerprint density at radius 3 is 0.600 bits per heavy atom. The van der Waals surface area contributed by atoms with E-state index in [0.29, 0.717) is 26.4 Å². The van der Waals surface area contributed by atoms with Crippen molar-refractivity contribution in [2.45, 2.75) is 363 Å². The molecule has 0 saturated carbocycles. The Kier molecular flexibility index (Phi) is 63.8. The van der Waals surface area contributed by atoms with Gasteiger partial charge in [-0.15, -0.1) is 0 Å². The predicted molar refractivity (Wildman–Crippen MR) is 325 cm³/mol. The molecule has 0 aliphatic heterocycles. The zero-order chi connectivity index (χ0) is 54.3. The fourth-order valence-electron chi connectivity index (χ4n) is 9.97. The first-order valence-electron chi connectivity index (χ1n) is 33.9. The van der Waals surface area contributed by atoms with Gasteiger partial charge in [0.25, 0.3) is 0 Å². The summed E-state index contributed by atoms with van der Waals surface area (Å²) in [6.07, 6.45) is 63.7. The summed E-state index contributed by atoms with van der Waals surface area (Å²) in [7, 11) is 0. The largest absolute Gasteiger partial charge is 0.494 e. The van der Waals surface area contributed by atoms with Gasteiger partial charge in [-0.3, -0.25) is 0 Å². The molecule has 0 heterocycles. The van der Waals surface area contributed by atoms with Gasteiger partial charge in [-0.25, -0.2) is 0 Å². The number of hydrogen-bond donors (Lipinski definition) is 0. The van der Waals surface area contributed by atoms with Crippen LogP contribution in [0.1, 0.15) is 363 Å². The van der Waals surface area contributed by atoms with E-state index in [1.807, 2.05) is 0 Å². The molecule has 0 amide bonds. The zero-order valence-electron chi connectivity index (χ0n) is 51.9. The van der Waals surface area contributed by atoms with Gasteiger partial charge in [-0.1, -0.05) is 311 Å². The van der Waals surface area contributed by atoms with E-state index in [-0.39, 0.29) is 13.6 Å². The van der Waals surface area contributed by atoms with Crippen LogP contribution in [0.25, 0.3) is 0 Å². The topological polar surface area (TPSA) is 64.6 Å². The third-order valence-corrected chi connectivity index (χ3v) is 15.0. The highest BCUT2D eigenvalue weighted by Gasteiger charge is 2.15. The van der Waals surface area contributed by atoms with Gasteiger partial charge >= 0.3 is 0 Å². The smallest absolute Gasteiger partial charge is 0.159 e. The number of allylic oxidation sites excluding steroid dienone is 2. The van der Waals surface area contributed by atoms with Crippen molar-refractivity contribution in [2.75, 3.05) is 53.2 Å². The minimum absolute atomic E-state index is 0.131. The Morgan fingerprint density at radius 2 is 0.373 bits per heavy atom. The van der Waals surface area contributed by atoms with Gasteiger partial charge in [0.2, 0.25) is 0 Å². The van der Waals surface area contributed by atoms with Crippen molar-refractivity contribution in [3.63, 3.8) is 0 Å². The Bertz CT molecular complexity index is 1050. The Balaban J connectivity index is 5.87. The summed E-state index contributed by atoms with van der Waals surface area (Å²) in [6.45, 7) is 17.6. The fraction of sp³-hybridized carbons (Fsp3) is 0.941. The zero-order valence-corrected chi connectivity index (χ0v) is 51.9. The third-order valence-electron chi connectivity index (χ3n) is 15.0. The molecule has 0 aromatic carbocycles. The molecule has 0 radical (unpaired) electrons. The van der Waals surface area contributed by atoms with E-state index in [0.717, 1.165) is 87.6 Å². The van der Waals surface area contributed by atoms with Gasteiger partial charge in [0.15, 0.2) is 11.5 Å². The van der Waals surface area contributed by atoms with E-state index in [4.69, 9.17) is 33.2 Å². The van der Waals surface area contributed by atoms with Crippen LogP contribution in [0.2, 0.25) is 0 Å². The first-order valence-corrected chi connectivity index (χ1v) is 33.9. The average molecular weight is 1060 g/mol. The summed E-state index contributed by atoms with van der Waals surface area (Å²) in [5.74, 6) is 3.73. The number of unbranched alkanes of at least 4 members (excludes halogenated alkanes) is 42. The molecule has 0 aromatic heterocycles. The molecule has 448 valence electrons. The van der Waals surface area contributed by atoms with Gasteiger partial charge in [0.05, 0.1) is 26.4 Å². The summed E-state index contributed by atoms with van der Waals surface area (Å²) in [6, 6.07) is 0. The van der Waals surface area contributed by atoms with Crippen LogP contribution in [0.5, 0.6) is 0 Å². The van der Waals surface area contributed by atoms with E-state index in [9.17, 15) is 0 Å². The SMILES string of the molecule is CCCCCCCCCCOC(CCCCCCCCCC)=C(COCOCOCC(OCCCCCCCCCC)=C(CCCCCCCCCC)OCCCCCCCCCC)OCCCCCCCCCC. The molecule has 0 aliphatic rings. The second-order valence-electron chi connectivity index (χ2n) is 22.6. The molecule has 0 unspecified atom stereocenters. The maximum atomic E-state index is 6.66. The molecule has 0 rings (SSSR count). The highest BCUT2D eigenvalue weighted by molar-refractivity contribution is 5.03. The molecule has 0 saturated heterocycles. The van der Waals surface area contributed by atoms with Crippen molar-refractivity contribution in [3.8, 4) is 0 Å². The van der Waals surface area contributed by atoms with Crippen molar-refractivity contribution in [3.05, 3.63) is 23.0 Å². The van der Waals surface area contributed by atoms with E-state index in [2.05, 4.69) is 41.5 Å². The van der Waals surface area contributed by atoms with Crippen LogP contribution >= 0.6 is 0 Å². The minimum Gasteiger partial charge on any atom is -0.494 e. The van der Waals surface area contributed by atoms with Crippen molar-refractivity contribution in [2.24, 2.45) is 0 Å². The maximum Gasteiger partial charge on any atom is 0.159 e. The average Bonchev–Trinajstić information content (AvgIpc) is 3.42. The van der Waals surface area contributed by atoms with Crippen molar-refractivity contribution >= 4 is 0 Å². The lowest BCUT2D eigenvalue weighted by molar-refractivity contribution is -0.132. The summed E-state index contributed by atoms with van der Waals surface area (Å²) >= 11 is 0.